The number of hydrogen-bond donors (Lipinski definition) is 1. The van der Waals surface area contributed by atoms with Crippen LogP contribution in [0.5, 0.6) is 0 Å². The van der Waals surface area contributed by atoms with E-state index in [1.54, 1.807) is 6.33 Å². The Bertz CT molecular complexity index is 507. The normalized spacial score (nSPS) is 19.8. The van der Waals surface area contributed by atoms with Crippen molar-refractivity contribution in [1.29, 1.82) is 0 Å². The van der Waals surface area contributed by atoms with Crippen LogP contribution < -0.4 is 10.2 Å². The van der Waals surface area contributed by atoms with Crippen LogP contribution in [-0.2, 0) is 11.2 Å². The van der Waals surface area contributed by atoms with Gasteiger partial charge in [0.2, 0.25) is 5.91 Å². The lowest BCUT2D eigenvalue weighted by Gasteiger charge is -2.33. The largest absolute Gasteiger partial charge is 0.356 e. The van der Waals surface area contributed by atoms with Gasteiger partial charge in [0.25, 0.3) is 0 Å². The van der Waals surface area contributed by atoms with Gasteiger partial charge in [-0.15, -0.1) is 0 Å². The van der Waals surface area contributed by atoms with Crippen molar-refractivity contribution >= 4 is 11.7 Å². The molecule has 0 aromatic carbocycles. The molecule has 0 radical (unpaired) electrons. The molecule has 0 atom stereocenters. The first-order valence-electron chi connectivity index (χ1n) is 8.60. The van der Waals surface area contributed by atoms with Gasteiger partial charge >= 0.3 is 0 Å². The molecular formula is C17H26N4O. The summed E-state index contributed by atoms with van der Waals surface area (Å²) < 4.78 is 0. The van der Waals surface area contributed by atoms with Crippen LogP contribution in [-0.4, -0.2) is 35.0 Å². The lowest BCUT2D eigenvalue weighted by atomic mass is 9.90. The highest BCUT2D eigenvalue weighted by molar-refractivity contribution is 5.76. The number of hydrogen-bond acceptors (Lipinski definition) is 4. The van der Waals surface area contributed by atoms with Gasteiger partial charge in [0, 0.05) is 37.3 Å². The molecule has 22 heavy (non-hydrogen) atoms. The predicted octanol–water partition coefficient (Wildman–Crippen LogP) is 2.31. The molecule has 2 heterocycles. The first-order valence-corrected chi connectivity index (χ1v) is 8.60. The van der Waals surface area contributed by atoms with E-state index in [1.807, 2.05) is 0 Å². The number of rotatable bonds is 5. The van der Waals surface area contributed by atoms with Crippen molar-refractivity contribution in [2.45, 2.75) is 57.9 Å². The van der Waals surface area contributed by atoms with Crippen LogP contribution >= 0.6 is 0 Å². The molecule has 1 aromatic heterocycles. The Hall–Kier alpha value is -1.65. The monoisotopic (exact) mass is 302 g/mol. The Morgan fingerprint density at radius 2 is 2.05 bits per heavy atom. The molecule has 1 N–H and O–H groups in total. The van der Waals surface area contributed by atoms with Gasteiger partial charge in [-0.3, -0.25) is 4.79 Å². The molecule has 1 amide bonds. The van der Waals surface area contributed by atoms with Crippen LogP contribution in [0.4, 0.5) is 5.82 Å². The molecule has 1 saturated heterocycles. The number of piperidine rings is 1. The molecule has 0 spiro atoms. The standard InChI is InChI=1S/C17H26N4O/c1-2-14-11-16(19-12-18-14)21-8-6-13(7-9-21)10-17(22)20-15-4-3-5-15/h11-13,15H,2-10H2,1H3,(H,20,22). The summed E-state index contributed by atoms with van der Waals surface area (Å²) in [6.07, 6.45) is 9.03. The number of carbonyl (C=O) groups excluding carboxylic acids is 1. The fourth-order valence-electron chi connectivity index (χ4n) is 3.22. The fraction of sp³-hybridized carbons (Fsp3) is 0.706. The zero-order chi connectivity index (χ0) is 15.4. The van der Waals surface area contributed by atoms with Crippen LogP contribution in [0.1, 0.15) is 51.1 Å². The third-order valence-corrected chi connectivity index (χ3v) is 4.95. The quantitative estimate of drug-likeness (QED) is 0.907. The van der Waals surface area contributed by atoms with Gasteiger partial charge in [-0.25, -0.2) is 9.97 Å². The van der Waals surface area contributed by atoms with Crippen LogP contribution in [0.3, 0.4) is 0 Å². The molecule has 5 heteroatoms. The molecule has 0 bridgehead atoms. The van der Waals surface area contributed by atoms with Crippen LogP contribution in [0.25, 0.3) is 0 Å². The van der Waals surface area contributed by atoms with Gasteiger partial charge in [-0.2, -0.15) is 0 Å². The second kappa shape index (κ2) is 7.07. The SMILES string of the molecule is CCc1cc(N2CCC(CC(=O)NC3CCC3)CC2)ncn1. The first-order chi connectivity index (χ1) is 10.7. The van der Waals surface area contributed by atoms with Gasteiger partial charge in [0.05, 0.1) is 0 Å². The number of anilines is 1. The highest BCUT2D eigenvalue weighted by Gasteiger charge is 2.25. The minimum atomic E-state index is 0.249. The molecule has 1 saturated carbocycles. The van der Waals surface area contributed by atoms with Crippen LogP contribution in [0.15, 0.2) is 12.4 Å². The van der Waals surface area contributed by atoms with Gasteiger partial charge in [-0.05, 0) is 44.4 Å². The topological polar surface area (TPSA) is 58.1 Å². The van der Waals surface area contributed by atoms with Crippen molar-refractivity contribution in [1.82, 2.24) is 15.3 Å². The summed E-state index contributed by atoms with van der Waals surface area (Å²) in [4.78, 5) is 23.0. The minimum Gasteiger partial charge on any atom is -0.356 e. The predicted molar refractivity (Wildman–Crippen MR) is 86.7 cm³/mol. The van der Waals surface area contributed by atoms with Crippen molar-refractivity contribution in [3.63, 3.8) is 0 Å². The fourth-order valence-corrected chi connectivity index (χ4v) is 3.22. The maximum Gasteiger partial charge on any atom is 0.220 e. The molecule has 5 nitrogen and oxygen atoms in total. The van der Waals surface area contributed by atoms with Crippen molar-refractivity contribution < 1.29 is 4.79 Å². The Balaban J connectivity index is 1.46. The Labute approximate surface area is 132 Å². The summed E-state index contributed by atoms with van der Waals surface area (Å²) >= 11 is 0. The van der Waals surface area contributed by atoms with E-state index in [0.29, 0.717) is 18.4 Å². The summed E-state index contributed by atoms with van der Waals surface area (Å²) in [6, 6.07) is 2.55. The van der Waals surface area contributed by atoms with Gasteiger partial charge in [0.1, 0.15) is 12.1 Å². The summed E-state index contributed by atoms with van der Waals surface area (Å²) in [6.45, 7) is 4.09. The molecule has 1 aromatic rings. The van der Waals surface area contributed by atoms with E-state index in [4.69, 9.17) is 0 Å². The van der Waals surface area contributed by atoms with Crippen molar-refractivity contribution in [3.05, 3.63) is 18.1 Å². The Kier molecular flexibility index (Phi) is 4.90. The maximum atomic E-state index is 12.0. The number of nitrogens with zero attached hydrogens (tertiary/aromatic N) is 3. The summed E-state index contributed by atoms with van der Waals surface area (Å²) in [5.41, 5.74) is 1.09. The summed E-state index contributed by atoms with van der Waals surface area (Å²) in [7, 11) is 0. The Morgan fingerprint density at radius 1 is 1.27 bits per heavy atom. The molecule has 2 fully saturated rings. The first kappa shape index (κ1) is 15.3. The average molecular weight is 302 g/mol. The lowest BCUT2D eigenvalue weighted by molar-refractivity contribution is -0.123. The zero-order valence-electron chi connectivity index (χ0n) is 13.4. The summed E-state index contributed by atoms with van der Waals surface area (Å²) in [5, 5.41) is 3.15. The molecule has 2 aliphatic rings. The van der Waals surface area contributed by atoms with E-state index in [2.05, 4.69) is 33.2 Å². The molecule has 1 aliphatic carbocycles. The van der Waals surface area contributed by atoms with Gasteiger partial charge in [0.15, 0.2) is 0 Å². The van der Waals surface area contributed by atoms with E-state index < -0.39 is 0 Å². The highest BCUT2D eigenvalue weighted by atomic mass is 16.1. The smallest absolute Gasteiger partial charge is 0.220 e. The lowest BCUT2D eigenvalue weighted by Crippen LogP contribution is -2.41. The molecule has 120 valence electrons. The third-order valence-electron chi connectivity index (χ3n) is 4.95. The summed E-state index contributed by atoms with van der Waals surface area (Å²) in [5.74, 6) is 1.80. The van der Waals surface area contributed by atoms with E-state index in [0.717, 1.165) is 56.7 Å². The maximum absolute atomic E-state index is 12.0. The zero-order valence-corrected chi connectivity index (χ0v) is 13.4. The van der Waals surface area contributed by atoms with E-state index in [1.165, 1.54) is 6.42 Å². The van der Waals surface area contributed by atoms with Gasteiger partial charge < -0.3 is 10.2 Å². The number of aryl methyl sites for hydroxylation is 1. The molecule has 3 rings (SSSR count). The van der Waals surface area contributed by atoms with Crippen molar-refractivity contribution in [2.75, 3.05) is 18.0 Å². The molecule has 1 aliphatic heterocycles. The number of nitrogens with one attached hydrogen (secondary N) is 1. The minimum absolute atomic E-state index is 0.249. The van der Waals surface area contributed by atoms with E-state index in [9.17, 15) is 4.79 Å². The van der Waals surface area contributed by atoms with Crippen molar-refractivity contribution in [3.8, 4) is 0 Å². The number of carbonyl (C=O) groups is 1. The molecule has 0 unspecified atom stereocenters. The highest BCUT2D eigenvalue weighted by Crippen LogP contribution is 2.25. The number of aromatic nitrogens is 2. The second-order valence-electron chi connectivity index (χ2n) is 6.55. The third kappa shape index (κ3) is 3.76. The number of amides is 1. The molecular weight excluding hydrogens is 276 g/mol. The van der Waals surface area contributed by atoms with E-state index in [-0.39, 0.29) is 5.91 Å². The Morgan fingerprint density at radius 3 is 2.68 bits per heavy atom. The van der Waals surface area contributed by atoms with Crippen LogP contribution in [0.2, 0.25) is 0 Å². The average Bonchev–Trinajstić information content (AvgIpc) is 2.52. The second-order valence-corrected chi connectivity index (χ2v) is 6.55. The van der Waals surface area contributed by atoms with Crippen LogP contribution in [0, 0.1) is 5.92 Å². The van der Waals surface area contributed by atoms with Gasteiger partial charge in [-0.1, -0.05) is 6.92 Å². The van der Waals surface area contributed by atoms with Crippen molar-refractivity contribution in [2.24, 2.45) is 5.92 Å². The van der Waals surface area contributed by atoms with E-state index >= 15 is 0 Å².